The molecule has 0 saturated heterocycles. The first-order chi connectivity index (χ1) is 13.5. The molecule has 0 fully saturated rings. The van der Waals surface area contributed by atoms with Crippen LogP contribution in [0.1, 0.15) is 44.9 Å². The summed E-state index contributed by atoms with van der Waals surface area (Å²) in [4.78, 5) is 24.8. The zero-order valence-electron chi connectivity index (χ0n) is 15.8. The Kier molecular flexibility index (Phi) is 4.89. The van der Waals surface area contributed by atoms with Crippen molar-refractivity contribution >= 4 is 33.3 Å². The second-order valence-corrected chi connectivity index (χ2v) is 7.86. The Bertz CT molecular complexity index is 1100. The fourth-order valence-electron chi connectivity index (χ4n) is 3.59. The average Bonchev–Trinajstić information content (AvgIpc) is 3.12. The summed E-state index contributed by atoms with van der Waals surface area (Å²) in [5, 5.41) is 7.27. The van der Waals surface area contributed by atoms with Crippen molar-refractivity contribution in [3.05, 3.63) is 69.5 Å². The minimum absolute atomic E-state index is 0.0427. The molecule has 1 aliphatic rings. The molecule has 0 bridgehead atoms. The van der Waals surface area contributed by atoms with E-state index in [0.717, 1.165) is 38.8 Å². The quantitative estimate of drug-likeness (QED) is 0.615. The van der Waals surface area contributed by atoms with Gasteiger partial charge in [0.1, 0.15) is 5.69 Å². The lowest BCUT2D eigenvalue weighted by Crippen LogP contribution is -2.17. The molecule has 3 aromatic rings. The third kappa shape index (κ3) is 3.29. The number of rotatable bonds is 3. The van der Waals surface area contributed by atoms with E-state index in [1.165, 1.54) is 0 Å². The van der Waals surface area contributed by atoms with E-state index in [1.54, 1.807) is 10.7 Å². The average molecular weight is 438 g/mol. The number of nitrogens with one attached hydrogen (secondary N) is 1. The van der Waals surface area contributed by atoms with E-state index < -0.39 is 0 Å². The van der Waals surface area contributed by atoms with E-state index in [1.807, 2.05) is 37.3 Å². The molecule has 0 aliphatic carbocycles. The van der Waals surface area contributed by atoms with Crippen molar-refractivity contribution in [2.45, 2.75) is 33.2 Å². The summed E-state index contributed by atoms with van der Waals surface area (Å²) in [5.41, 5.74) is 5.84. The number of hydrogen-bond donors (Lipinski definition) is 1. The smallest absolute Gasteiger partial charge is 0.276 e. The topological polar surface area (TPSA) is 64.0 Å². The molecule has 1 amide bonds. The molecule has 5 nitrogen and oxygen atoms in total. The maximum Gasteiger partial charge on any atom is 0.276 e. The highest BCUT2D eigenvalue weighted by Gasteiger charge is 2.22. The molecule has 4 rings (SSSR count). The van der Waals surface area contributed by atoms with Crippen LogP contribution in [0.4, 0.5) is 5.69 Å². The summed E-state index contributed by atoms with van der Waals surface area (Å²) in [6, 6.07) is 13.5. The van der Waals surface area contributed by atoms with Crippen LogP contribution in [0.5, 0.6) is 0 Å². The molecule has 2 aromatic carbocycles. The molecule has 0 saturated carbocycles. The van der Waals surface area contributed by atoms with E-state index in [9.17, 15) is 9.59 Å². The van der Waals surface area contributed by atoms with Crippen molar-refractivity contribution in [3.8, 4) is 11.1 Å². The number of carbonyl (C=O) groups excluding carboxylic acids is 2. The number of hydrogen-bond acceptors (Lipinski definition) is 3. The highest BCUT2D eigenvalue weighted by molar-refractivity contribution is 9.10. The Morgan fingerprint density at radius 2 is 1.82 bits per heavy atom. The van der Waals surface area contributed by atoms with Gasteiger partial charge in [-0.05, 0) is 54.7 Å². The van der Waals surface area contributed by atoms with Gasteiger partial charge in [-0.2, -0.15) is 5.10 Å². The fraction of sp³-hybridized carbons (Fsp3) is 0.227. The molecular weight excluding hydrogens is 418 g/mol. The van der Waals surface area contributed by atoms with Gasteiger partial charge in [0.2, 0.25) is 0 Å². The number of halogens is 1. The lowest BCUT2D eigenvalue weighted by molar-refractivity contribution is 0.0950. The molecule has 1 aliphatic heterocycles. The number of ketones is 1. The van der Waals surface area contributed by atoms with Crippen molar-refractivity contribution < 1.29 is 9.59 Å². The van der Waals surface area contributed by atoms with Crippen LogP contribution in [0.2, 0.25) is 0 Å². The summed E-state index contributed by atoms with van der Waals surface area (Å²) in [7, 11) is 0. The number of aromatic nitrogens is 2. The Labute approximate surface area is 171 Å². The van der Waals surface area contributed by atoms with Gasteiger partial charge in [-0.3, -0.25) is 14.3 Å². The number of nitrogens with zero attached hydrogens (tertiary/aromatic N) is 2. The van der Waals surface area contributed by atoms with Gasteiger partial charge >= 0.3 is 0 Å². The summed E-state index contributed by atoms with van der Waals surface area (Å²) >= 11 is 3.58. The predicted octanol–water partition coefficient (Wildman–Crippen LogP) is 5.16. The van der Waals surface area contributed by atoms with Crippen LogP contribution in [0, 0.1) is 13.8 Å². The predicted molar refractivity (Wildman–Crippen MR) is 113 cm³/mol. The number of amides is 1. The van der Waals surface area contributed by atoms with E-state index >= 15 is 0 Å². The zero-order valence-corrected chi connectivity index (χ0v) is 17.3. The third-order valence-corrected chi connectivity index (χ3v) is 6.07. The van der Waals surface area contributed by atoms with Crippen LogP contribution in [0.15, 0.2) is 46.9 Å². The van der Waals surface area contributed by atoms with Crippen molar-refractivity contribution in [2.24, 2.45) is 0 Å². The molecule has 0 atom stereocenters. The van der Waals surface area contributed by atoms with Gasteiger partial charge in [-0.1, -0.05) is 40.2 Å². The molecule has 28 heavy (non-hydrogen) atoms. The van der Waals surface area contributed by atoms with Crippen LogP contribution in [0.25, 0.3) is 11.1 Å². The largest absolute Gasteiger partial charge is 0.320 e. The monoisotopic (exact) mass is 437 g/mol. The van der Waals surface area contributed by atoms with Crippen molar-refractivity contribution in [1.29, 1.82) is 0 Å². The Morgan fingerprint density at radius 1 is 1.11 bits per heavy atom. The number of benzene rings is 2. The van der Waals surface area contributed by atoms with Gasteiger partial charge in [0.15, 0.2) is 11.5 Å². The minimum Gasteiger partial charge on any atom is -0.320 e. The normalized spacial score (nSPS) is 13.3. The van der Waals surface area contributed by atoms with Crippen LogP contribution < -0.4 is 5.32 Å². The molecule has 142 valence electrons. The summed E-state index contributed by atoms with van der Waals surface area (Å²) < 4.78 is 2.68. The van der Waals surface area contributed by atoms with Crippen molar-refractivity contribution in [2.75, 3.05) is 5.32 Å². The molecule has 1 aromatic heterocycles. The van der Waals surface area contributed by atoms with Gasteiger partial charge in [-0.25, -0.2) is 0 Å². The molecule has 0 unspecified atom stereocenters. The van der Waals surface area contributed by atoms with Crippen LogP contribution in [-0.4, -0.2) is 21.5 Å². The Morgan fingerprint density at radius 3 is 2.57 bits per heavy atom. The van der Waals surface area contributed by atoms with E-state index in [-0.39, 0.29) is 17.4 Å². The SMILES string of the molecule is Cc1c(Br)cccc1-c1cccc(NC(=O)c2cc3n(n2)CCCC3=O)c1C. The van der Waals surface area contributed by atoms with Crippen LogP contribution >= 0.6 is 15.9 Å². The fourth-order valence-corrected chi connectivity index (χ4v) is 3.95. The van der Waals surface area contributed by atoms with Crippen LogP contribution in [-0.2, 0) is 6.54 Å². The minimum atomic E-state index is -0.305. The summed E-state index contributed by atoms with van der Waals surface area (Å²) in [5.74, 6) is -0.262. The number of carbonyl (C=O) groups is 2. The standard InChI is InChI=1S/C22H20BrN3O2/c1-13-15(6-3-8-17(13)23)16-7-4-9-18(14(16)2)24-22(28)19-12-20-21(27)10-5-11-26(20)25-19/h3-4,6-9,12H,5,10-11H2,1-2H3,(H,24,28). The number of aryl methyl sites for hydroxylation is 1. The maximum atomic E-state index is 12.8. The van der Waals surface area contributed by atoms with Crippen molar-refractivity contribution in [3.63, 3.8) is 0 Å². The third-order valence-electron chi connectivity index (χ3n) is 5.21. The second kappa shape index (κ2) is 7.36. The van der Waals surface area contributed by atoms with Gasteiger partial charge in [-0.15, -0.1) is 0 Å². The number of fused-ring (bicyclic) bond motifs is 1. The summed E-state index contributed by atoms with van der Waals surface area (Å²) in [6.07, 6.45) is 1.28. The van der Waals surface area contributed by atoms with Crippen molar-refractivity contribution in [1.82, 2.24) is 9.78 Å². The molecule has 1 N–H and O–H groups in total. The molecule has 6 heteroatoms. The van der Waals surface area contributed by atoms with Gasteiger partial charge in [0.25, 0.3) is 5.91 Å². The highest BCUT2D eigenvalue weighted by Crippen LogP contribution is 2.33. The summed E-state index contributed by atoms with van der Waals surface area (Å²) in [6.45, 7) is 4.73. The first-order valence-corrected chi connectivity index (χ1v) is 10.0. The Hall–Kier alpha value is -2.73. The number of anilines is 1. The molecular formula is C22H20BrN3O2. The lowest BCUT2D eigenvalue weighted by Gasteiger charge is -2.14. The first-order valence-electron chi connectivity index (χ1n) is 9.23. The Balaban J connectivity index is 1.65. The first kappa shape index (κ1) is 18.6. The van der Waals surface area contributed by atoms with Gasteiger partial charge in [0, 0.05) is 29.2 Å². The van der Waals surface area contributed by atoms with Crippen LogP contribution in [0.3, 0.4) is 0 Å². The van der Waals surface area contributed by atoms with E-state index in [2.05, 4.69) is 39.3 Å². The highest BCUT2D eigenvalue weighted by atomic mass is 79.9. The van der Waals surface area contributed by atoms with Gasteiger partial charge < -0.3 is 5.32 Å². The number of Topliss-reactive ketones (excluding diaryl/α,β-unsaturated/α-hetero) is 1. The zero-order chi connectivity index (χ0) is 19.8. The van der Waals surface area contributed by atoms with E-state index in [4.69, 9.17) is 0 Å². The second-order valence-electron chi connectivity index (χ2n) is 7.01. The molecule has 2 heterocycles. The lowest BCUT2D eigenvalue weighted by atomic mass is 9.95. The van der Waals surface area contributed by atoms with E-state index in [0.29, 0.717) is 18.7 Å². The van der Waals surface area contributed by atoms with Gasteiger partial charge in [0.05, 0.1) is 0 Å². The molecule has 0 spiro atoms. The molecule has 0 radical (unpaired) electrons. The maximum absolute atomic E-state index is 12.8.